The summed E-state index contributed by atoms with van der Waals surface area (Å²) in [6.45, 7) is 0.925. The van der Waals surface area contributed by atoms with Gasteiger partial charge < -0.3 is 20.7 Å². The minimum Gasteiger partial charge on any atom is -0.367 e. The number of urea groups is 1. The van der Waals surface area contributed by atoms with Gasteiger partial charge in [0.05, 0.1) is 13.2 Å². The lowest BCUT2D eigenvalue weighted by Gasteiger charge is -2.39. The molecule has 7 heteroatoms. The number of halogens is 1. The highest BCUT2D eigenvalue weighted by Crippen LogP contribution is 2.37. The standard InChI is InChI=1S/C16H20FN3O3/c17-12-3-1-2-10(6-12)11-7-13(8-11)19-16(22)20-4-5-23-14(9-20)15(18)21/h1-3,6,11,13-14H,4-5,7-9H2,(H2,18,21)(H,19,22). The molecule has 0 aromatic heterocycles. The van der Waals surface area contributed by atoms with Gasteiger partial charge >= 0.3 is 6.03 Å². The second-order valence-corrected chi connectivity index (χ2v) is 6.08. The monoisotopic (exact) mass is 321 g/mol. The number of ether oxygens (including phenoxy) is 1. The number of hydrogen-bond donors (Lipinski definition) is 2. The van der Waals surface area contributed by atoms with Gasteiger partial charge in [-0.1, -0.05) is 12.1 Å². The molecule has 3 N–H and O–H groups in total. The lowest BCUT2D eigenvalue weighted by atomic mass is 9.76. The van der Waals surface area contributed by atoms with Crippen molar-refractivity contribution in [2.75, 3.05) is 19.7 Å². The van der Waals surface area contributed by atoms with E-state index in [9.17, 15) is 14.0 Å². The highest BCUT2D eigenvalue weighted by atomic mass is 19.1. The lowest BCUT2D eigenvalue weighted by Crippen LogP contribution is -2.56. The van der Waals surface area contributed by atoms with E-state index in [4.69, 9.17) is 10.5 Å². The molecule has 1 saturated carbocycles. The van der Waals surface area contributed by atoms with Crippen molar-refractivity contribution in [3.8, 4) is 0 Å². The molecule has 124 valence electrons. The summed E-state index contributed by atoms with van der Waals surface area (Å²) in [6, 6.07) is 6.45. The number of primary amides is 1. The molecule has 3 amide bonds. The van der Waals surface area contributed by atoms with Crippen LogP contribution in [0.1, 0.15) is 24.3 Å². The fourth-order valence-corrected chi connectivity index (χ4v) is 3.04. The smallest absolute Gasteiger partial charge is 0.317 e. The van der Waals surface area contributed by atoms with Crippen molar-refractivity contribution in [2.24, 2.45) is 5.73 Å². The molecule has 2 aliphatic rings. The van der Waals surface area contributed by atoms with E-state index in [-0.39, 0.29) is 30.4 Å². The Morgan fingerprint density at radius 3 is 2.83 bits per heavy atom. The molecule has 1 atom stereocenters. The van der Waals surface area contributed by atoms with Crippen LogP contribution >= 0.6 is 0 Å². The lowest BCUT2D eigenvalue weighted by molar-refractivity contribution is -0.133. The van der Waals surface area contributed by atoms with Gasteiger partial charge in [0.15, 0.2) is 6.10 Å². The molecular weight excluding hydrogens is 301 g/mol. The minimum absolute atomic E-state index is 0.0747. The number of amides is 3. The van der Waals surface area contributed by atoms with E-state index in [2.05, 4.69) is 5.32 Å². The molecule has 1 heterocycles. The Balaban J connectivity index is 1.48. The molecule has 1 aromatic carbocycles. The summed E-state index contributed by atoms with van der Waals surface area (Å²) in [6.07, 6.45) is 0.841. The first-order valence-corrected chi connectivity index (χ1v) is 7.74. The van der Waals surface area contributed by atoms with Crippen LogP contribution in [0.2, 0.25) is 0 Å². The zero-order valence-corrected chi connectivity index (χ0v) is 12.7. The zero-order valence-electron chi connectivity index (χ0n) is 12.7. The van der Waals surface area contributed by atoms with E-state index >= 15 is 0 Å². The third-order valence-electron chi connectivity index (χ3n) is 4.46. The molecule has 1 aliphatic carbocycles. The summed E-state index contributed by atoms with van der Waals surface area (Å²) in [4.78, 5) is 24.9. The van der Waals surface area contributed by atoms with Gasteiger partial charge in [0.2, 0.25) is 5.91 Å². The molecule has 3 rings (SSSR count). The van der Waals surface area contributed by atoms with Crippen LogP contribution in [0.25, 0.3) is 0 Å². The summed E-state index contributed by atoms with van der Waals surface area (Å²) in [7, 11) is 0. The van der Waals surface area contributed by atoms with E-state index in [1.165, 1.54) is 6.07 Å². The Kier molecular flexibility index (Phi) is 4.47. The molecule has 6 nitrogen and oxygen atoms in total. The van der Waals surface area contributed by atoms with Crippen LogP contribution in [0.15, 0.2) is 24.3 Å². The topological polar surface area (TPSA) is 84.7 Å². The fourth-order valence-electron chi connectivity index (χ4n) is 3.04. The average molecular weight is 321 g/mol. The van der Waals surface area contributed by atoms with Crippen LogP contribution < -0.4 is 11.1 Å². The minimum atomic E-state index is -0.740. The number of nitrogens with one attached hydrogen (secondary N) is 1. The quantitative estimate of drug-likeness (QED) is 0.870. The summed E-state index contributed by atoms with van der Waals surface area (Å²) < 4.78 is 18.4. The van der Waals surface area contributed by atoms with E-state index in [0.29, 0.717) is 13.2 Å². The Bertz CT molecular complexity index is 604. The number of nitrogens with two attached hydrogens (primary N) is 1. The van der Waals surface area contributed by atoms with Crippen molar-refractivity contribution in [3.63, 3.8) is 0 Å². The molecule has 1 aromatic rings. The van der Waals surface area contributed by atoms with Crippen molar-refractivity contribution in [1.29, 1.82) is 0 Å². The number of morpholine rings is 1. The highest BCUT2D eigenvalue weighted by molar-refractivity contribution is 5.81. The van der Waals surface area contributed by atoms with Crippen LogP contribution in [0.4, 0.5) is 9.18 Å². The summed E-state index contributed by atoms with van der Waals surface area (Å²) in [5.74, 6) is -0.517. The largest absolute Gasteiger partial charge is 0.367 e. The highest BCUT2D eigenvalue weighted by Gasteiger charge is 2.34. The number of rotatable bonds is 3. The summed E-state index contributed by atoms with van der Waals surface area (Å²) in [5.41, 5.74) is 6.18. The Morgan fingerprint density at radius 1 is 1.35 bits per heavy atom. The predicted molar refractivity (Wildman–Crippen MR) is 81.2 cm³/mol. The van der Waals surface area contributed by atoms with Gasteiger partial charge in [-0.15, -0.1) is 0 Å². The van der Waals surface area contributed by atoms with Gasteiger partial charge in [-0.2, -0.15) is 0 Å². The Hall–Kier alpha value is -2.15. The van der Waals surface area contributed by atoms with E-state index < -0.39 is 12.0 Å². The van der Waals surface area contributed by atoms with Crippen LogP contribution in [-0.2, 0) is 9.53 Å². The first kappa shape index (κ1) is 15.7. The maximum absolute atomic E-state index is 13.2. The molecule has 1 aliphatic heterocycles. The number of benzene rings is 1. The summed E-state index contributed by atoms with van der Waals surface area (Å²) >= 11 is 0. The van der Waals surface area contributed by atoms with Crippen molar-refractivity contribution >= 4 is 11.9 Å². The van der Waals surface area contributed by atoms with Crippen molar-refractivity contribution < 1.29 is 18.7 Å². The predicted octanol–water partition coefficient (Wildman–Crippen LogP) is 0.967. The van der Waals surface area contributed by atoms with Crippen LogP contribution in [0.3, 0.4) is 0 Å². The first-order valence-electron chi connectivity index (χ1n) is 7.74. The molecule has 0 bridgehead atoms. The molecular formula is C16H20FN3O3. The van der Waals surface area contributed by atoms with Crippen molar-refractivity contribution in [2.45, 2.75) is 30.9 Å². The zero-order chi connectivity index (χ0) is 16.4. The number of hydrogen-bond acceptors (Lipinski definition) is 3. The molecule has 2 fully saturated rings. The first-order chi connectivity index (χ1) is 11.0. The van der Waals surface area contributed by atoms with Crippen LogP contribution in [-0.4, -0.2) is 48.7 Å². The number of nitrogens with zero attached hydrogens (tertiary/aromatic N) is 1. The third kappa shape index (κ3) is 3.61. The van der Waals surface area contributed by atoms with Gasteiger partial charge in [-0.3, -0.25) is 4.79 Å². The number of carbonyl (C=O) groups is 2. The van der Waals surface area contributed by atoms with E-state index in [0.717, 1.165) is 18.4 Å². The maximum atomic E-state index is 13.2. The Labute approximate surface area is 133 Å². The molecule has 1 saturated heterocycles. The van der Waals surface area contributed by atoms with Crippen LogP contribution in [0.5, 0.6) is 0 Å². The second-order valence-electron chi connectivity index (χ2n) is 6.08. The van der Waals surface area contributed by atoms with Crippen molar-refractivity contribution in [1.82, 2.24) is 10.2 Å². The Morgan fingerprint density at radius 2 is 2.13 bits per heavy atom. The van der Waals surface area contributed by atoms with Crippen LogP contribution in [0, 0.1) is 5.82 Å². The summed E-state index contributed by atoms with van der Waals surface area (Å²) in [5, 5.41) is 2.95. The van der Waals surface area contributed by atoms with Gasteiger partial charge in [-0.25, -0.2) is 9.18 Å². The van der Waals surface area contributed by atoms with Gasteiger partial charge in [0.1, 0.15) is 5.82 Å². The average Bonchev–Trinajstić information content (AvgIpc) is 2.50. The second kappa shape index (κ2) is 6.54. The molecule has 0 spiro atoms. The molecule has 1 unspecified atom stereocenters. The normalized spacial score (nSPS) is 27.2. The molecule has 0 radical (unpaired) electrons. The van der Waals surface area contributed by atoms with Gasteiger partial charge in [0, 0.05) is 12.6 Å². The fraction of sp³-hybridized carbons (Fsp3) is 0.500. The van der Waals surface area contributed by atoms with Gasteiger partial charge in [-0.05, 0) is 36.5 Å². The third-order valence-corrected chi connectivity index (χ3v) is 4.46. The van der Waals surface area contributed by atoms with Gasteiger partial charge in [0.25, 0.3) is 0 Å². The molecule has 23 heavy (non-hydrogen) atoms. The van der Waals surface area contributed by atoms with E-state index in [1.807, 2.05) is 6.07 Å². The van der Waals surface area contributed by atoms with Crippen molar-refractivity contribution in [3.05, 3.63) is 35.6 Å². The van der Waals surface area contributed by atoms with E-state index in [1.54, 1.807) is 17.0 Å². The SMILES string of the molecule is NC(=O)C1CN(C(=O)NC2CC(c3cccc(F)c3)C2)CCO1. The number of carbonyl (C=O) groups excluding carboxylic acids is 2. The maximum Gasteiger partial charge on any atom is 0.317 e.